The molecule has 6 heteroatoms. The summed E-state index contributed by atoms with van der Waals surface area (Å²) in [6.07, 6.45) is 0.0970. The lowest BCUT2D eigenvalue weighted by molar-refractivity contribution is -0.0175. The van der Waals surface area contributed by atoms with Gasteiger partial charge >= 0.3 is 0 Å². The second-order valence-corrected chi connectivity index (χ2v) is 6.40. The van der Waals surface area contributed by atoms with E-state index in [0.29, 0.717) is 12.1 Å². The number of hydrogen-bond acceptors (Lipinski definition) is 4. The Morgan fingerprint density at radius 1 is 1.76 bits per heavy atom. The minimum absolute atomic E-state index is 0.0382. The molecular weight excluding hydrogens is 304 g/mol. The minimum atomic E-state index is -0.0382. The normalized spacial score (nSPS) is 21.4. The number of ether oxygens (including phenoxy) is 1. The molecule has 0 radical (unpaired) electrons. The summed E-state index contributed by atoms with van der Waals surface area (Å²) in [5.41, 5.74) is 0.700. The number of carbonyl (C=O) groups is 1. The Hall–Kier alpha value is -0.430. The van der Waals surface area contributed by atoms with Gasteiger partial charge in [-0.25, -0.2) is 0 Å². The van der Waals surface area contributed by atoms with Gasteiger partial charge in [-0.1, -0.05) is 0 Å². The van der Waals surface area contributed by atoms with Gasteiger partial charge in [0, 0.05) is 25.0 Å². The van der Waals surface area contributed by atoms with Crippen LogP contribution in [0.4, 0.5) is 0 Å². The SMILES string of the molecule is CN1CCOC(CNC(=O)c2csc(Br)c2)C1. The molecule has 2 heterocycles. The summed E-state index contributed by atoms with van der Waals surface area (Å²) in [5.74, 6) is -0.0382. The van der Waals surface area contributed by atoms with Gasteiger partial charge < -0.3 is 15.0 Å². The van der Waals surface area contributed by atoms with Crippen LogP contribution < -0.4 is 5.32 Å². The van der Waals surface area contributed by atoms with Gasteiger partial charge in [-0.05, 0) is 29.0 Å². The molecule has 1 unspecified atom stereocenters. The molecule has 94 valence electrons. The van der Waals surface area contributed by atoms with E-state index in [-0.39, 0.29) is 12.0 Å². The van der Waals surface area contributed by atoms with Gasteiger partial charge in [0.25, 0.3) is 5.91 Å². The number of nitrogens with one attached hydrogen (secondary N) is 1. The lowest BCUT2D eigenvalue weighted by Crippen LogP contribution is -2.45. The average Bonchev–Trinajstić information content (AvgIpc) is 2.73. The van der Waals surface area contributed by atoms with Crippen molar-refractivity contribution in [2.75, 3.05) is 33.3 Å². The first kappa shape index (κ1) is 13.0. The first-order valence-electron chi connectivity index (χ1n) is 5.47. The Kier molecular flexibility index (Phi) is 4.55. The predicted octanol–water partition coefficient (Wildman–Crippen LogP) is 1.57. The van der Waals surface area contributed by atoms with E-state index in [2.05, 4.69) is 33.2 Å². The summed E-state index contributed by atoms with van der Waals surface area (Å²) in [4.78, 5) is 14.0. The highest BCUT2D eigenvalue weighted by Crippen LogP contribution is 2.20. The third kappa shape index (κ3) is 3.77. The highest BCUT2D eigenvalue weighted by atomic mass is 79.9. The third-order valence-corrected chi connectivity index (χ3v) is 4.17. The molecule has 1 atom stereocenters. The Morgan fingerprint density at radius 2 is 2.59 bits per heavy atom. The monoisotopic (exact) mass is 318 g/mol. The first-order chi connectivity index (χ1) is 8.15. The van der Waals surface area contributed by atoms with Gasteiger partial charge in [-0.3, -0.25) is 4.79 Å². The Bertz CT molecular complexity index is 397. The summed E-state index contributed by atoms with van der Waals surface area (Å²) >= 11 is 4.85. The van der Waals surface area contributed by atoms with E-state index in [1.807, 2.05) is 11.4 Å². The van der Waals surface area contributed by atoms with E-state index in [4.69, 9.17) is 4.74 Å². The summed E-state index contributed by atoms with van der Waals surface area (Å²) < 4.78 is 6.55. The molecule has 2 rings (SSSR count). The molecule has 1 aliphatic rings. The highest BCUT2D eigenvalue weighted by molar-refractivity contribution is 9.11. The maximum atomic E-state index is 11.8. The van der Waals surface area contributed by atoms with E-state index in [1.54, 1.807) is 0 Å². The molecule has 17 heavy (non-hydrogen) atoms. The van der Waals surface area contributed by atoms with E-state index in [9.17, 15) is 4.79 Å². The molecule has 1 fully saturated rings. The first-order valence-corrected chi connectivity index (χ1v) is 7.15. The Balaban J connectivity index is 1.80. The van der Waals surface area contributed by atoms with E-state index < -0.39 is 0 Å². The van der Waals surface area contributed by atoms with Gasteiger partial charge in [0.15, 0.2) is 0 Å². The summed E-state index contributed by atoms with van der Waals surface area (Å²) in [5, 5.41) is 4.74. The largest absolute Gasteiger partial charge is 0.374 e. The molecule has 0 bridgehead atoms. The topological polar surface area (TPSA) is 41.6 Å². The number of morpholine rings is 1. The lowest BCUT2D eigenvalue weighted by Gasteiger charge is -2.30. The molecule has 0 aromatic carbocycles. The molecule has 0 aliphatic carbocycles. The van der Waals surface area contributed by atoms with Gasteiger partial charge in [-0.15, -0.1) is 11.3 Å². The number of hydrogen-bond donors (Lipinski definition) is 1. The van der Waals surface area contributed by atoms with Crippen molar-refractivity contribution in [3.8, 4) is 0 Å². The van der Waals surface area contributed by atoms with Crippen molar-refractivity contribution in [1.29, 1.82) is 0 Å². The highest BCUT2D eigenvalue weighted by Gasteiger charge is 2.18. The number of amides is 1. The van der Waals surface area contributed by atoms with Crippen LogP contribution >= 0.6 is 27.3 Å². The molecule has 1 saturated heterocycles. The summed E-state index contributed by atoms with van der Waals surface area (Å²) in [6.45, 7) is 3.13. The van der Waals surface area contributed by atoms with Crippen molar-refractivity contribution in [1.82, 2.24) is 10.2 Å². The summed E-state index contributed by atoms with van der Waals surface area (Å²) in [7, 11) is 2.06. The smallest absolute Gasteiger partial charge is 0.252 e. The van der Waals surface area contributed by atoms with Crippen LogP contribution in [0.5, 0.6) is 0 Å². The van der Waals surface area contributed by atoms with Gasteiger partial charge in [0.05, 0.1) is 22.1 Å². The standard InChI is InChI=1S/C11H15BrN2O2S/c1-14-2-3-16-9(6-14)5-13-11(15)8-4-10(12)17-7-8/h4,7,9H,2-3,5-6H2,1H3,(H,13,15). The van der Waals surface area contributed by atoms with Crippen molar-refractivity contribution < 1.29 is 9.53 Å². The number of thiophene rings is 1. The zero-order valence-corrected chi connectivity index (χ0v) is 12.0. The fraction of sp³-hybridized carbons (Fsp3) is 0.545. The van der Waals surface area contributed by atoms with Crippen molar-refractivity contribution in [2.45, 2.75) is 6.10 Å². The van der Waals surface area contributed by atoms with Crippen LogP contribution in [0.3, 0.4) is 0 Å². The van der Waals surface area contributed by atoms with Crippen LogP contribution in [0.25, 0.3) is 0 Å². The van der Waals surface area contributed by atoms with Crippen LogP contribution in [-0.4, -0.2) is 50.2 Å². The minimum Gasteiger partial charge on any atom is -0.374 e. The van der Waals surface area contributed by atoms with Crippen LogP contribution in [0, 0.1) is 0 Å². The molecule has 0 spiro atoms. The fourth-order valence-electron chi connectivity index (χ4n) is 1.73. The fourth-order valence-corrected chi connectivity index (χ4v) is 2.86. The van der Waals surface area contributed by atoms with Gasteiger partial charge in [0.1, 0.15) is 0 Å². The number of halogens is 1. The molecule has 1 amide bonds. The zero-order chi connectivity index (χ0) is 12.3. The van der Waals surface area contributed by atoms with Crippen molar-refractivity contribution in [3.05, 3.63) is 20.8 Å². The summed E-state index contributed by atoms with van der Waals surface area (Å²) in [6, 6.07) is 1.83. The molecule has 1 aliphatic heterocycles. The maximum Gasteiger partial charge on any atom is 0.252 e. The predicted molar refractivity (Wildman–Crippen MR) is 71.6 cm³/mol. The zero-order valence-electron chi connectivity index (χ0n) is 9.61. The number of rotatable bonds is 3. The van der Waals surface area contributed by atoms with Crippen LogP contribution in [0.15, 0.2) is 15.2 Å². The quantitative estimate of drug-likeness (QED) is 0.920. The van der Waals surface area contributed by atoms with Crippen molar-refractivity contribution >= 4 is 33.2 Å². The van der Waals surface area contributed by atoms with E-state index in [0.717, 1.165) is 23.5 Å². The van der Waals surface area contributed by atoms with Crippen molar-refractivity contribution in [3.63, 3.8) is 0 Å². The molecule has 4 nitrogen and oxygen atoms in total. The molecule has 0 saturated carbocycles. The molecule has 1 aromatic heterocycles. The third-order valence-electron chi connectivity index (χ3n) is 2.66. The maximum absolute atomic E-state index is 11.8. The second-order valence-electron chi connectivity index (χ2n) is 4.10. The van der Waals surface area contributed by atoms with Crippen LogP contribution in [0.2, 0.25) is 0 Å². The number of nitrogens with zero attached hydrogens (tertiary/aromatic N) is 1. The average molecular weight is 319 g/mol. The number of likely N-dealkylation sites (N-methyl/N-ethyl adjacent to an activating group) is 1. The lowest BCUT2D eigenvalue weighted by atomic mass is 10.2. The van der Waals surface area contributed by atoms with Gasteiger partial charge in [0.2, 0.25) is 0 Å². The van der Waals surface area contributed by atoms with Gasteiger partial charge in [-0.2, -0.15) is 0 Å². The van der Waals surface area contributed by atoms with E-state index >= 15 is 0 Å². The Labute approximate surface area is 113 Å². The Morgan fingerprint density at radius 3 is 3.24 bits per heavy atom. The van der Waals surface area contributed by atoms with Crippen molar-refractivity contribution in [2.24, 2.45) is 0 Å². The van der Waals surface area contributed by atoms with E-state index in [1.165, 1.54) is 11.3 Å². The van der Waals surface area contributed by atoms with Crippen LogP contribution in [0.1, 0.15) is 10.4 Å². The van der Waals surface area contributed by atoms with Crippen LogP contribution in [-0.2, 0) is 4.74 Å². The number of carbonyl (C=O) groups excluding carboxylic acids is 1. The molecule has 1 aromatic rings. The second kappa shape index (κ2) is 5.95. The molecule has 1 N–H and O–H groups in total. The molecular formula is C11H15BrN2O2S.